The highest BCUT2D eigenvalue weighted by atomic mass is 16.6. The summed E-state index contributed by atoms with van der Waals surface area (Å²) in [7, 11) is 0. The molecule has 2 bridgehead atoms. The summed E-state index contributed by atoms with van der Waals surface area (Å²) in [6.07, 6.45) is 4.92. The number of carbonyl (C=O) groups is 4. The molecule has 4 aliphatic carbocycles. The van der Waals surface area contributed by atoms with E-state index in [1.54, 1.807) is 57.2 Å². The summed E-state index contributed by atoms with van der Waals surface area (Å²) in [4.78, 5) is 55.4. The van der Waals surface area contributed by atoms with Crippen molar-refractivity contribution in [1.29, 1.82) is 0 Å². The van der Waals surface area contributed by atoms with E-state index in [4.69, 9.17) is 14.2 Å². The number of Topliss-reactive ketones (excluding diaryl/α,β-unsaturated/α-hetero) is 1. The van der Waals surface area contributed by atoms with E-state index >= 15 is 4.79 Å². The fraction of sp³-hybridized carbons (Fsp3) is 0.659. The number of hydrogen-bond acceptors (Lipinski definition) is 10. The van der Waals surface area contributed by atoms with E-state index in [1.165, 1.54) is 6.08 Å². The fourth-order valence-electron chi connectivity index (χ4n) is 9.41. The van der Waals surface area contributed by atoms with Crippen molar-refractivity contribution >= 4 is 23.7 Å². The van der Waals surface area contributed by atoms with Gasteiger partial charge in [-0.05, 0) is 54.9 Å². The van der Waals surface area contributed by atoms with Crippen molar-refractivity contribution in [1.82, 2.24) is 0 Å². The molecule has 1 aromatic carbocycles. The molecule has 4 aliphatic rings. The first kappa shape index (κ1) is 38.9. The van der Waals surface area contributed by atoms with Gasteiger partial charge < -0.3 is 29.5 Å². The summed E-state index contributed by atoms with van der Waals surface area (Å²) in [5, 5.41) is 35.5. The molecule has 1 spiro atoms. The molecule has 10 atom stereocenters. The van der Waals surface area contributed by atoms with Gasteiger partial charge in [0.15, 0.2) is 17.5 Å². The quantitative estimate of drug-likeness (QED) is 0.0973. The van der Waals surface area contributed by atoms with Gasteiger partial charge in [-0.3, -0.25) is 14.4 Å². The van der Waals surface area contributed by atoms with Gasteiger partial charge in [-0.25, -0.2) is 4.79 Å². The largest absolute Gasteiger partial charge is 0.461 e. The van der Waals surface area contributed by atoms with E-state index in [-0.39, 0.29) is 30.9 Å². The third-order valence-corrected chi connectivity index (χ3v) is 12.7. The molecular formula is C41H56O10. The number of ketones is 1. The zero-order valence-electron chi connectivity index (χ0n) is 31.1. The smallest absolute Gasteiger partial charge is 0.338 e. The van der Waals surface area contributed by atoms with Crippen LogP contribution in [0.3, 0.4) is 0 Å². The highest BCUT2D eigenvalue weighted by molar-refractivity contribution is 5.96. The van der Waals surface area contributed by atoms with Gasteiger partial charge in [0.25, 0.3) is 0 Å². The lowest BCUT2D eigenvalue weighted by atomic mass is 9.58. The van der Waals surface area contributed by atoms with Crippen LogP contribution in [-0.2, 0) is 28.6 Å². The average molecular weight is 709 g/mol. The average Bonchev–Trinajstić information content (AvgIpc) is 3.54. The van der Waals surface area contributed by atoms with Crippen molar-refractivity contribution in [2.24, 2.45) is 40.4 Å². The van der Waals surface area contributed by atoms with Gasteiger partial charge in [0.1, 0.15) is 18.3 Å². The molecule has 1 aromatic rings. The van der Waals surface area contributed by atoms with Crippen LogP contribution in [0.15, 0.2) is 53.6 Å². The number of aliphatic hydroxyl groups excluding tert-OH is 2. The Balaban J connectivity index is 1.58. The van der Waals surface area contributed by atoms with Crippen LogP contribution in [0.5, 0.6) is 0 Å². The lowest BCUT2D eigenvalue weighted by Crippen LogP contribution is -2.66. The minimum absolute atomic E-state index is 0.000405. The zero-order chi connectivity index (χ0) is 37.5. The second-order valence-electron chi connectivity index (χ2n) is 16.1. The van der Waals surface area contributed by atoms with Gasteiger partial charge in [0.2, 0.25) is 0 Å². The van der Waals surface area contributed by atoms with E-state index in [0.717, 1.165) is 25.7 Å². The van der Waals surface area contributed by atoms with Gasteiger partial charge in [-0.1, -0.05) is 97.6 Å². The SMILES string of the molecule is CCCCCCCC(=O)O[C@@]12C[C@@H](C)[C@]34C=C(C)[C@H](OC(=O)C(C)C(C)C)[C@@]3(O)[C@H](O)C(CO)=C[C@H](C4=O)[C@@H]1[C@]2(C)COC(=O)c1ccccc1. The molecule has 51 heavy (non-hydrogen) atoms. The number of hydrogen-bond donors (Lipinski definition) is 3. The molecule has 0 heterocycles. The number of allylic oxidation sites excluding steroid dienone is 1. The van der Waals surface area contributed by atoms with E-state index in [1.807, 2.05) is 20.8 Å². The predicted octanol–water partition coefficient (Wildman–Crippen LogP) is 5.52. The fourth-order valence-corrected chi connectivity index (χ4v) is 9.41. The topological polar surface area (TPSA) is 157 Å². The first-order valence-electron chi connectivity index (χ1n) is 18.7. The molecule has 10 nitrogen and oxygen atoms in total. The van der Waals surface area contributed by atoms with Crippen molar-refractivity contribution in [2.75, 3.05) is 13.2 Å². The van der Waals surface area contributed by atoms with Gasteiger partial charge in [-0.2, -0.15) is 0 Å². The summed E-state index contributed by atoms with van der Waals surface area (Å²) in [5.74, 6) is -5.10. The summed E-state index contributed by atoms with van der Waals surface area (Å²) in [5.41, 5.74) is -5.67. The highest BCUT2D eigenvalue weighted by Crippen LogP contribution is 2.75. The highest BCUT2D eigenvalue weighted by Gasteiger charge is 2.85. The third-order valence-electron chi connectivity index (χ3n) is 12.7. The molecule has 0 radical (unpaired) electrons. The molecule has 280 valence electrons. The molecule has 0 saturated heterocycles. The Kier molecular flexibility index (Phi) is 11.1. The summed E-state index contributed by atoms with van der Waals surface area (Å²) >= 11 is 0. The predicted molar refractivity (Wildman–Crippen MR) is 189 cm³/mol. The number of rotatable bonds is 14. The standard InChI is InChI=1S/C41H56O10/c1-8-9-10-11-15-18-31(43)51-40-21-26(5)39-20-25(4)35(50-36(46)27(6)24(2)3)41(39,48)33(44)29(22-42)19-30(34(39)45)32(40)38(40,7)23-49-37(47)28-16-13-12-14-17-28/h12-14,16-17,19-20,24,26-27,30,32-33,35,42,44,48H,8-11,15,18,21-23H2,1-7H3/t26-,27?,30+,32-,33-,35+,38+,39+,40+,41+/m1/s1. The summed E-state index contributed by atoms with van der Waals surface area (Å²) in [6.45, 7) is 12.0. The maximum Gasteiger partial charge on any atom is 0.338 e. The van der Waals surface area contributed by atoms with Crippen LogP contribution in [0.25, 0.3) is 0 Å². The van der Waals surface area contributed by atoms with Crippen molar-refractivity contribution in [3.05, 3.63) is 59.2 Å². The van der Waals surface area contributed by atoms with Crippen LogP contribution in [0.1, 0.15) is 104 Å². The van der Waals surface area contributed by atoms with E-state index in [0.29, 0.717) is 17.6 Å². The minimum atomic E-state index is -2.36. The minimum Gasteiger partial charge on any atom is -0.461 e. The number of benzene rings is 1. The first-order valence-corrected chi connectivity index (χ1v) is 18.7. The van der Waals surface area contributed by atoms with Crippen LogP contribution < -0.4 is 0 Å². The van der Waals surface area contributed by atoms with Crippen LogP contribution in [0, 0.1) is 40.4 Å². The van der Waals surface area contributed by atoms with Gasteiger partial charge in [0, 0.05) is 23.7 Å². The third kappa shape index (κ3) is 6.19. The van der Waals surface area contributed by atoms with Gasteiger partial charge in [-0.15, -0.1) is 0 Å². The first-order chi connectivity index (χ1) is 24.1. The zero-order valence-corrected chi connectivity index (χ0v) is 31.1. The van der Waals surface area contributed by atoms with Gasteiger partial charge in [0.05, 0.1) is 23.5 Å². The lowest BCUT2D eigenvalue weighted by molar-refractivity contribution is -0.207. The normalized spacial score (nSPS) is 35.7. The summed E-state index contributed by atoms with van der Waals surface area (Å²) < 4.78 is 18.4. The van der Waals surface area contributed by atoms with Crippen molar-refractivity contribution in [3.8, 4) is 0 Å². The van der Waals surface area contributed by atoms with E-state index in [9.17, 15) is 29.7 Å². The second kappa shape index (κ2) is 14.6. The lowest BCUT2D eigenvalue weighted by Gasteiger charge is -2.49. The van der Waals surface area contributed by atoms with E-state index in [2.05, 4.69) is 6.92 Å². The molecule has 0 amide bonds. The van der Waals surface area contributed by atoms with Crippen LogP contribution >= 0.6 is 0 Å². The van der Waals surface area contributed by atoms with Crippen molar-refractivity contribution < 1.29 is 48.7 Å². The molecule has 3 N–H and O–H groups in total. The summed E-state index contributed by atoms with van der Waals surface area (Å²) in [6, 6.07) is 8.53. The van der Waals surface area contributed by atoms with Crippen molar-refractivity contribution in [2.45, 2.75) is 117 Å². The maximum absolute atomic E-state index is 15.2. The molecule has 2 fully saturated rings. The Morgan fingerprint density at radius 3 is 2.33 bits per heavy atom. The molecule has 2 saturated carbocycles. The number of carbonyl (C=O) groups excluding carboxylic acids is 4. The van der Waals surface area contributed by atoms with Crippen LogP contribution in [0.2, 0.25) is 0 Å². The Morgan fingerprint density at radius 1 is 1.04 bits per heavy atom. The molecule has 10 heteroatoms. The molecule has 5 rings (SSSR count). The van der Waals surface area contributed by atoms with Crippen LogP contribution in [0.4, 0.5) is 0 Å². The Labute approximate surface area is 301 Å². The second-order valence-corrected chi connectivity index (χ2v) is 16.1. The monoisotopic (exact) mass is 708 g/mol. The number of ether oxygens (including phenoxy) is 3. The van der Waals surface area contributed by atoms with Crippen molar-refractivity contribution in [3.63, 3.8) is 0 Å². The maximum atomic E-state index is 15.2. The Bertz CT molecular complexity index is 1560. The number of unbranched alkanes of at least 4 members (excludes halogenated alkanes) is 4. The Morgan fingerprint density at radius 2 is 1.71 bits per heavy atom. The molecule has 0 aliphatic heterocycles. The number of aliphatic hydroxyl groups is 3. The number of esters is 3. The molecule has 1 unspecified atom stereocenters. The van der Waals surface area contributed by atoms with Crippen LogP contribution in [-0.4, -0.2) is 75.6 Å². The Hall–Kier alpha value is -3.34. The van der Waals surface area contributed by atoms with E-state index < -0.39 is 88.2 Å². The molecular weight excluding hydrogens is 652 g/mol. The molecule has 0 aromatic heterocycles. The van der Waals surface area contributed by atoms with Gasteiger partial charge >= 0.3 is 17.9 Å². The number of fused-ring (bicyclic) bond motifs is 3.